The van der Waals surface area contributed by atoms with Crippen molar-refractivity contribution in [1.82, 2.24) is 5.32 Å². The number of hydrogen-bond acceptors (Lipinski definition) is 3. The zero-order valence-electron chi connectivity index (χ0n) is 9.62. The first-order valence-corrected chi connectivity index (χ1v) is 7.14. The quantitative estimate of drug-likeness (QED) is 0.597. The summed E-state index contributed by atoms with van der Waals surface area (Å²) >= 11 is 0. The highest BCUT2D eigenvalue weighted by Crippen LogP contribution is 1.97. The number of rotatable bonds is 8. The van der Waals surface area contributed by atoms with Crippen molar-refractivity contribution in [3.63, 3.8) is 0 Å². The Balaban J connectivity index is 3.51. The highest BCUT2D eigenvalue weighted by atomic mass is 32.2. The highest BCUT2D eigenvalue weighted by Gasteiger charge is 2.11. The van der Waals surface area contributed by atoms with Crippen molar-refractivity contribution in [3.05, 3.63) is 0 Å². The molecular formula is C10H22N2O2S. The largest absolute Gasteiger partial charge is 0.355 e. The van der Waals surface area contributed by atoms with Gasteiger partial charge in [0.05, 0.1) is 6.04 Å². The van der Waals surface area contributed by atoms with Gasteiger partial charge in [-0.3, -0.25) is 9.00 Å². The van der Waals surface area contributed by atoms with Crippen molar-refractivity contribution in [2.24, 2.45) is 5.73 Å². The van der Waals surface area contributed by atoms with Crippen LogP contribution < -0.4 is 11.1 Å². The highest BCUT2D eigenvalue weighted by molar-refractivity contribution is 7.84. The molecular weight excluding hydrogens is 212 g/mol. The molecule has 0 aliphatic heterocycles. The second kappa shape index (κ2) is 8.85. The van der Waals surface area contributed by atoms with Crippen molar-refractivity contribution in [3.8, 4) is 0 Å². The number of nitrogens with one attached hydrogen (secondary N) is 1. The van der Waals surface area contributed by atoms with Gasteiger partial charge in [0.25, 0.3) is 0 Å². The van der Waals surface area contributed by atoms with E-state index in [9.17, 15) is 9.00 Å². The van der Waals surface area contributed by atoms with Gasteiger partial charge in [-0.1, -0.05) is 19.8 Å². The van der Waals surface area contributed by atoms with E-state index in [0.717, 1.165) is 25.7 Å². The zero-order chi connectivity index (χ0) is 11.7. The molecule has 0 rings (SSSR count). The van der Waals surface area contributed by atoms with Crippen LogP contribution in [0.3, 0.4) is 0 Å². The molecule has 4 nitrogen and oxygen atoms in total. The lowest BCUT2D eigenvalue weighted by Crippen LogP contribution is -2.41. The van der Waals surface area contributed by atoms with Gasteiger partial charge < -0.3 is 11.1 Å². The molecule has 0 saturated carbocycles. The summed E-state index contributed by atoms with van der Waals surface area (Å²) < 4.78 is 10.7. The van der Waals surface area contributed by atoms with Gasteiger partial charge in [0.1, 0.15) is 0 Å². The lowest BCUT2D eigenvalue weighted by molar-refractivity contribution is -0.122. The fraction of sp³-hybridized carbons (Fsp3) is 0.900. The fourth-order valence-corrected chi connectivity index (χ4v) is 1.72. The van der Waals surface area contributed by atoms with E-state index >= 15 is 0 Å². The van der Waals surface area contributed by atoms with Crippen LogP contribution in [-0.2, 0) is 15.6 Å². The molecule has 0 saturated heterocycles. The average Bonchev–Trinajstić information content (AvgIpc) is 2.20. The molecule has 2 unspecified atom stereocenters. The number of amides is 1. The minimum absolute atomic E-state index is 0.0923. The number of unbranched alkanes of at least 4 members (excludes halogenated alkanes) is 1. The van der Waals surface area contributed by atoms with Crippen molar-refractivity contribution >= 4 is 16.7 Å². The Morgan fingerprint density at radius 3 is 2.67 bits per heavy atom. The Hall–Kier alpha value is -0.420. The SMILES string of the molecule is CCCCC(N)C(=O)NCCCS(C)=O. The topological polar surface area (TPSA) is 72.2 Å². The summed E-state index contributed by atoms with van der Waals surface area (Å²) in [5, 5.41) is 2.75. The van der Waals surface area contributed by atoms with Crippen LogP contribution in [0.15, 0.2) is 0 Å². The summed E-state index contributed by atoms with van der Waals surface area (Å²) in [6.45, 7) is 2.64. The van der Waals surface area contributed by atoms with Crippen LogP contribution >= 0.6 is 0 Å². The lowest BCUT2D eigenvalue weighted by atomic mass is 10.1. The molecule has 1 amide bonds. The van der Waals surface area contributed by atoms with Gasteiger partial charge in [0.2, 0.25) is 5.91 Å². The number of carbonyl (C=O) groups excluding carboxylic acids is 1. The van der Waals surface area contributed by atoms with Crippen LogP contribution in [0.25, 0.3) is 0 Å². The van der Waals surface area contributed by atoms with Crippen LogP contribution in [0.5, 0.6) is 0 Å². The molecule has 0 aromatic rings. The van der Waals surface area contributed by atoms with Crippen LogP contribution in [0.1, 0.15) is 32.6 Å². The zero-order valence-corrected chi connectivity index (χ0v) is 10.4. The minimum Gasteiger partial charge on any atom is -0.355 e. The summed E-state index contributed by atoms with van der Waals surface area (Å²) in [7, 11) is -0.778. The Bertz CT molecular complexity index is 210. The van der Waals surface area contributed by atoms with Crippen LogP contribution in [0.4, 0.5) is 0 Å². The van der Waals surface area contributed by atoms with Gasteiger partial charge in [0, 0.05) is 29.4 Å². The Morgan fingerprint density at radius 1 is 1.47 bits per heavy atom. The minimum atomic E-state index is -0.778. The molecule has 0 aliphatic rings. The van der Waals surface area contributed by atoms with Crippen molar-refractivity contribution in [1.29, 1.82) is 0 Å². The average molecular weight is 234 g/mol. The standard InChI is InChI=1S/C10H22N2O2S/c1-3-4-6-9(11)10(13)12-7-5-8-15(2)14/h9H,3-8,11H2,1-2H3,(H,12,13). The lowest BCUT2D eigenvalue weighted by Gasteiger charge is -2.11. The van der Waals surface area contributed by atoms with Gasteiger partial charge in [-0.15, -0.1) is 0 Å². The molecule has 0 radical (unpaired) electrons. The number of carbonyl (C=O) groups is 1. The Kier molecular flexibility index (Phi) is 8.61. The normalized spacial score (nSPS) is 14.6. The molecule has 5 heteroatoms. The van der Waals surface area contributed by atoms with Gasteiger partial charge in [-0.2, -0.15) is 0 Å². The first kappa shape index (κ1) is 14.6. The third-order valence-corrected chi connectivity index (χ3v) is 2.98. The van der Waals surface area contributed by atoms with Gasteiger partial charge in [-0.25, -0.2) is 0 Å². The van der Waals surface area contributed by atoms with E-state index in [2.05, 4.69) is 12.2 Å². The maximum Gasteiger partial charge on any atom is 0.236 e. The summed E-state index contributed by atoms with van der Waals surface area (Å²) in [6.07, 6.45) is 5.18. The number of nitrogens with two attached hydrogens (primary N) is 1. The van der Waals surface area contributed by atoms with E-state index in [1.165, 1.54) is 0 Å². The van der Waals surface area contributed by atoms with Gasteiger partial charge in [0.15, 0.2) is 0 Å². The molecule has 0 bridgehead atoms. The Labute approximate surface area is 94.4 Å². The predicted octanol–water partition coefficient (Wildman–Crippen LogP) is 0.389. The van der Waals surface area contributed by atoms with E-state index in [1.807, 2.05) is 0 Å². The van der Waals surface area contributed by atoms with E-state index in [0.29, 0.717) is 12.3 Å². The second-order valence-electron chi connectivity index (χ2n) is 3.67. The maximum atomic E-state index is 11.4. The van der Waals surface area contributed by atoms with Crippen molar-refractivity contribution in [2.45, 2.75) is 38.6 Å². The van der Waals surface area contributed by atoms with E-state index < -0.39 is 16.8 Å². The summed E-state index contributed by atoms with van der Waals surface area (Å²) in [5.41, 5.74) is 5.67. The van der Waals surface area contributed by atoms with Crippen LogP contribution in [0.2, 0.25) is 0 Å². The summed E-state index contributed by atoms with van der Waals surface area (Å²) in [6, 6.07) is -0.392. The molecule has 0 spiro atoms. The first-order valence-electron chi connectivity index (χ1n) is 5.41. The Morgan fingerprint density at radius 2 is 2.13 bits per heavy atom. The van der Waals surface area contributed by atoms with Crippen molar-refractivity contribution in [2.75, 3.05) is 18.6 Å². The van der Waals surface area contributed by atoms with E-state index in [1.54, 1.807) is 6.26 Å². The maximum absolute atomic E-state index is 11.4. The second-order valence-corrected chi connectivity index (χ2v) is 5.23. The third kappa shape index (κ3) is 8.57. The van der Waals surface area contributed by atoms with E-state index in [-0.39, 0.29) is 5.91 Å². The fourth-order valence-electron chi connectivity index (χ4n) is 1.17. The van der Waals surface area contributed by atoms with E-state index in [4.69, 9.17) is 5.73 Å². The molecule has 15 heavy (non-hydrogen) atoms. The molecule has 3 N–H and O–H groups in total. The molecule has 2 atom stereocenters. The van der Waals surface area contributed by atoms with Crippen LogP contribution in [0, 0.1) is 0 Å². The predicted molar refractivity (Wildman–Crippen MR) is 64.1 cm³/mol. The summed E-state index contributed by atoms with van der Waals surface area (Å²) in [5.74, 6) is 0.537. The van der Waals surface area contributed by atoms with Crippen molar-refractivity contribution < 1.29 is 9.00 Å². The molecule has 90 valence electrons. The molecule has 0 fully saturated rings. The monoisotopic (exact) mass is 234 g/mol. The molecule has 0 aromatic heterocycles. The summed E-state index contributed by atoms with van der Waals surface area (Å²) in [4.78, 5) is 11.4. The van der Waals surface area contributed by atoms with Gasteiger partial charge in [-0.05, 0) is 12.8 Å². The smallest absolute Gasteiger partial charge is 0.236 e. The third-order valence-electron chi connectivity index (χ3n) is 2.11. The molecule has 0 heterocycles. The van der Waals surface area contributed by atoms with Crippen LogP contribution in [-0.4, -0.2) is 34.7 Å². The molecule has 0 aliphatic carbocycles. The first-order chi connectivity index (χ1) is 7.07. The number of hydrogen-bond donors (Lipinski definition) is 2. The van der Waals surface area contributed by atoms with Gasteiger partial charge >= 0.3 is 0 Å². The molecule has 0 aromatic carbocycles.